The Morgan fingerprint density at radius 2 is 1.77 bits per heavy atom. The molecule has 1 saturated heterocycles. The molecule has 0 saturated carbocycles. The molecule has 1 aromatic carbocycles. The van der Waals surface area contributed by atoms with Gasteiger partial charge in [-0.05, 0) is 49.7 Å². The second-order valence-electron chi connectivity index (χ2n) is 7.46. The summed E-state index contributed by atoms with van der Waals surface area (Å²) in [5.41, 5.74) is 2.00. The number of anilines is 1. The standard InChI is InChI=1S/C24H24N4O3/c1-18-8-10-20(11-9-18)31-24(30)28-14-4-13-27(15-16-28)22-7-2-6-21(26-22)23(29)19-5-3-12-25-17-19/h2-3,5-12,17H,4,13-16H2,1H3. The number of aromatic nitrogens is 2. The van der Waals surface area contributed by atoms with Gasteiger partial charge in [0.15, 0.2) is 0 Å². The monoisotopic (exact) mass is 416 g/mol. The van der Waals surface area contributed by atoms with Crippen molar-refractivity contribution in [2.45, 2.75) is 13.3 Å². The van der Waals surface area contributed by atoms with Gasteiger partial charge < -0.3 is 14.5 Å². The van der Waals surface area contributed by atoms with E-state index < -0.39 is 0 Å². The molecule has 1 fully saturated rings. The zero-order valence-electron chi connectivity index (χ0n) is 17.4. The molecule has 3 aromatic rings. The summed E-state index contributed by atoms with van der Waals surface area (Å²) < 4.78 is 5.51. The normalized spacial score (nSPS) is 14.1. The Labute approximate surface area is 181 Å². The first-order valence-corrected chi connectivity index (χ1v) is 10.3. The molecule has 3 heterocycles. The van der Waals surface area contributed by atoms with Gasteiger partial charge in [-0.25, -0.2) is 9.78 Å². The van der Waals surface area contributed by atoms with Gasteiger partial charge in [-0.1, -0.05) is 23.8 Å². The first-order valence-electron chi connectivity index (χ1n) is 10.3. The fraction of sp³-hybridized carbons (Fsp3) is 0.250. The summed E-state index contributed by atoms with van der Waals surface area (Å²) in [5, 5.41) is 0. The number of nitrogens with zero attached hydrogens (tertiary/aromatic N) is 4. The molecule has 2 aromatic heterocycles. The van der Waals surface area contributed by atoms with Crippen molar-refractivity contribution in [1.82, 2.24) is 14.9 Å². The highest BCUT2D eigenvalue weighted by Gasteiger charge is 2.22. The summed E-state index contributed by atoms with van der Waals surface area (Å²) in [6.45, 7) is 4.47. The van der Waals surface area contributed by atoms with Crippen LogP contribution in [0.1, 0.15) is 28.0 Å². The van der Waals surface area contributed by atoms with E-state index >= 15 is 0 Å². The minimum absolute atomic E-state index is 0.159. The number of carbonyl (C=O) groups excluding carboxylic acids is 2. The predicted octanol–water partition coefficient (Wildman–Crippen LogP) is 3.73. The van der Waals surface area contributed by atoms with E-state index in [1.165, 1.54) is 0 Å². The summed E-state index contributed by atoms with van der Waals surface area (Å²) in [6, 6.07) is 16.3. The maximum absolute atomic E-state index is 12.7. The fourth-order valence-corrected chi connectivity index (χ4v) is 3.47. The van der Waals surface area contributed by atoms with E-state index in [1.54, 1.807) is 47.6 Å². The summed E-state index contributed by atoms with van der Waals surface area (Å²) in [4.78, 5) is 37.7. The van der Waals surface area contributed by atoms with Gasteiger partial charge in [0, 0.05) is 44.1 Å². The van der Waals surface area contributed by atoms with Crippen LogP contribution in [0.4, 0.5) is 10.6 Å². The van der Waals surface area contributed by atoms with Gasteiger partial charge in [-0.3, -0.25) is 9.78 Å². The first kappa shape index (κ1) is 20.5. The maximum atomic E-state index is 12.7. The Hall–Kier alpha value is -3.74. The molecule has 31 heavy (non-hydrogen) atoms. The predicted molar refractivity (Wildman–Crippen MR) is 118 cm³/mol. The van der Waals surface area contributed by atoms with Crippen LogP contribution >= 0.6 is 0 Å². The van der Waals surface area contributed by atoms with Crippen LogP contribution in [-0.4, -0.2) is 52.9 Å². The Morgan fingerprint density at radius 3 is 2.55 bits per heavy atom. The average molecular weight is 416 g/mol. The maximum Gasteiger partial charge on any atom is 0.415 e. The van der Waals surface area contributed by atoms with Crippen LogP contribution in [0.3, 0.4) is 0 Å². The van der Waals surface area contributed by atoms with Crippen LogP contribution in [0, 0.1) is 6.92 Å². The number of hydrogen-bond donors (Lipinski definition) is 0. The number of carbonyl (C=O) groups is 2. The number of rotatable bonds is 4. The molecular formula is C24H24N4O3. The third kappa shape index (κ3) is 5.06. The first-order chi connectivity index (χ1) is 15.1. The number of hydrogen-bond acceptors (Lipinski definition) is 6. The molecule has 0 spiro atoms. The zero-order chi connectivity index (χ0) is 21.6. The number of ether oxygens (including phenoxy) is 1. The molecule has 7 nitrogen and oxygen atoms in total. The lowest BCUT2D eigenvalue weighted by Crippen LogP contribution is -2.37. The Kier molecular flexibility index (Phi) is 6.21. The van der Waals surface area contributed by atoms with Crippen molar-refractivity contribution in [2.24, 2.45) is 0 Å². The quantitative estimate of drug-likeness (QED) is 0.604. The molecule has 0 bridgehead atoms. The van der Waals surface area contributed by atoms with Gasteiger partial charge in [0.05, 0.1) is 0 Å². The SMILES string of the molecule is Cc1ccc(OC(=O)N2CCCN(c3cccc(C(=O)c4cccnc4)n3)CC2)cc1. The molecule has 0 atom stereocenters. The van der Waals surface area contributed by atoms with Crippen molar-refractivity contribution < 1.29 is 14.3 Å². The molecule has 158 valence electrons. The smallest absolute Gasteiger partial charge is 0.410 e. The second-order valence-corrected chi connectivity index (χ2v) is 7.46. The molecular weight excluding hydrogens is 392 g/mol. The summed E-state index contributed by atoms with van der Waals surface area (Å²) >= 11 is 0. The highest BCUT2D eigenvalue weighted by atomic mass is 16.6. The molecule has 0 aliphatic carbocycles. The molecule has 1 aliphatic heterocycles. The number of pyridine rings is 2. The molecule has 0 radical (unpaired) electrons. The van der Waals surface area contributed by atoms with Gasteiger partial charge in [-0.2, -0.15) is 0 Å². The largest absolute Gasteiger partial charge is 0.415 e. The van der Waals surface area contributed by atoms with Crippen molar-refractivity contribution in [1.29, 1.82) is 0 Å². The van der Waals surface area contributed by atoms with Crippen LogP contribution in [-0.2, 0) is 0 Å². The van der Waals surface area contributed by atoms with Gasteiger partial charge in [0.2, 0.25) is 5.78 Å². The van der Waals surface area contributed by atoms with Crippen LogP contribution in [0.25, 0.3) is 0 Å². The van der Waals surface area contributed by atoms with E-state index in [4.69, 9.17) is 4.74 Å². The lowest BCUT2D eigenvalue weighted by Gasteiger charge is -2.23. The summed E-state index contributed by atoms with van der Waals surface area (Å²) in [5.74, 6) is 1.11. The van der Waals surface area contributed by atoms with Crippen LogP contribution in [0.15, 0.2) is 67.0 Å². The molecule has 0 unspecified atom stereocenters. The second kappa shape index (κ2) is 9.38. The summed E-state index contributed by atoms with van der Waals surface area (Å²) in [7, 11) is 0. The summed E-state index contributed by atoms with van der Waals surface area (Å²) in [6.07, 6.45) is 3.61. The lowest BCUT2D eigenvalue weighted by atomic mass is 10.1. The molecule has 0 N–H and O–H groups in total. The number of ketones is 1. The Balaban J connectivity index is 1.41. The number of amides is 1. The van der Waals surface area contributed by atoms with E-state index in [-0.39, 0.29) is 11.9 Å². The van der Waals surface area contributed by atoms with Crippen molar-refractivity contribution in [3.05, 3.63) is 83.8 Å². The van der Waals surface area contributed by atoms with Crippen molar-refractivity contribution in [3.63, 3.8) is 0 Å². The van der Waals surface area contributed by atoms with E-state index in [0.29, 0.717) is 36.6 Å². The minimum Gasteiger partial charge on any atom is -0.410 e. The zero-order valence-corrected chi connectivity index (χ0v) is 17.4. The van der Waals surface area contributed by atoms with Crippen molar-refractivity contribution >= 4 is 17.7 Å². The minimum atomic E-state index is -0.348. The topological polar surface area (TPSA) is 75.6 Å². The van der Waals surface area contributed by atoms with E-state index in [2.05, 4.69) is 14.9 Å². The molecule has 1 aliphatic rings. The third-order valence-electron chi connectivity index (χ3n) is 5.19. The fourth-order valence-electron chi connectivity index (χ4n) is 3.47. The number of benzene rings is 1. The average Bonchev–Trinajstić information content (AvgIpc) is 3.07. The highest BCUT2D eigenvalue weighted by Crippen LogP contribution is 2.18. The van der Waals surface area contributed by atoms with E-state index in [1.807, 2.05) is 31.2 Å². The lowest BCUT2D eigenvalue weighted by molar-refractivity contribution is 0.103. The van der Waals surface area contributed by atoms with Gasteiger partial charge >= 0.3 is 6.09 Å². The Bertz CT molecular complexity index is 1050. The third-order valence-corrected chi connectivity index (χ3v) is 5.19. The van der Waals surface area contributed by atoms with Crippen LogP contribution in [0.5, 0.6) is 5.75 Å². The van der Waals surface area contributed by atoms with E-state index in [0.717, 1.165) is 24.3 Å². The van der Waals surface area contributed by atoms with Crippen molar-refractivity contribution in [3.8, 4) is 5.75 Å². The van der Waals surface area contributed by atoms with Crippen LogP contribution < -0.4 is 9.64 Å². The molecule has 7 heteroatoms. The molecule has 1 amide bonds. The number of aryl methyl sites for hydroxylation is 1. The highest BCUT2D eigenvalue weighted by molar-refractivity contribution is 6.07. The van der Waals surface area contributed by atoms with Crippen LogP contribution in [0.2, 0.25) is 0 Å². The van der Waals surface area contributed by atoms with Crippen molar-refractivity contribution in [2.75, 3.05) is 31.1 Å². The van der Waals surface area contributed by atoms with Gasteiger partial charge in [0.25, 0.3) is 0 Å². The molecule has 4 rings (SSSR count). The Morgan fingerprint density at radius 1 is 0.935 bits per heavy atom. The van der Waals surface area contributed by atoms with Gasteiger partial charge in [-0.15, -0.1) is 0 Å². The van der Waals surface area contributed by atoms with E-state index in [9.17, 15) is 9.59 Å². The van der Waals surface area contributed by atoms with Gasteiger partial charge in [0.1, 0.15) is 17.3 Å².